The smallest absolute Gasteiger partial charge is 0.229 e. The fourth-order valence-corrected chi connectivity index (χ4v) is 2.85. The minimum absolute atomic E-state index is 0.279. The molecule has 104 valence electrons. The molecule has 1 unspecified atom stereocenters. The lowest BCUT2D eigenvalue weighted by atomic mass is 10.1. The molecule has 0 N–H and O–H groups in total. The Morgan fingerprint density at radius 1 is 1.35 bits per heavy atom. The molecule has 2 aromatic rings. The SMILES string of the molecule is COc1ccnc(N2CCCC2c2cccc(Cl)c2)n1. The Morgan fingerprint density at radius 2 is 2.25 bits per heavy atom. The third-order valence-electron chi connectivity index (χ3n) is 3.57. The average molecular weight is 290 g/mol. The third-order valence-corrected chi connectivity index (χ3v) is 3.80. The summed E-state index contributed by atoms with van der Waals surface area (Å²) in [5.41, 5.74) is 1.21. The first-order valence-electron chi connectivity index (χ1n) is 6.67. The molecular formula is C15H16ClN3O. The quantitative estimate of drug-likeness (QED) is 0.867. The fraction of sp³-hybridized carbons (Fsp3) is 0.333. The van der Waals surface area contributed by atoms with Gasteiger partial charge in [-0.05, 0) is 30.5 Å². The monoisotopic (exact) mass is 289 g/mol. The van der Waals surface area contributed by atoms with E-state index in [1.807, 2.05) is 18.2 Å². The van der Waals surface area contributed by atoms with E-state index in [-0.39, 0.29) is 6.04 Å². The molecule has 0 saturated carbocycles. The van der Waals surface area contributed by atoms with Gasteiger partial charge in [-0.25, -0.2) is 4.98 Å². The van der Waals surface area contributed by atoms with Crippen LogP contribution in [0.5, 0.6) is 5.88 Å². The minimum atomic E-state index is 0.279. The van der Waals surface area contributed by atoms with Crippen LogP contribution in [0.2, 0.25) is 5.02 Å². The molecule has 1 aliphatic rings. The standard InChI is InChI=1S/C15H16ClN3O/c1-20-14-7-8-17-15(18-14)19-9-3-6-13(19)11-4-2-5-12(16)10-11/h2,4-5,7-8,10,13H,3,6,9H2,1H3. The van der Waals surface area contributed by atoms with Gasteiger partial charge in [-0.1, -0.05) is 23.7 Å². The van der Waals surface area contributed by atoms with Gasteiger partial charge >= 0.3 is 0 Å². The van der Waals surface area contributed by atoms with Crippen LogP contribution in [0.4, 0.5) is 5.95 Å². The van der Waals surface area contributed by atoms with Gasteiger partial charge in [0.2, 0.25) is 11.8 Å². The minimum Gasteiger partial charge on any atom is -0.481 e. The summed E-state index contributed by atoms with van der Waals surface area (Å²) < 4.78 is 5.18. The Labute approximate surface area is 123 Å². The van der Waals surface area contributed by atoms with E-state index in [2.05, 4.69) is 20.9 Å². The van der Waals surface area contributed by atoms with Crippen molar-refractivity contribution in [2.24, 2.45) is 0 Å². The maximum absolute atomic E-state index is 6.09. The lowest BCUT2D eigenvalue weighted by Gasteiger charge is -2.25. The Morgan fingerprint density at radius 3 is 3.05 bits per heavy atom. The first-order chi connectivity index (χ1) is 9.78. The van der Waals surface area contributed by atoms with Gasteiger partial charge < -0.3 is 9.64 Å². The molecule has 4 nitrogen and oxygen atoms in total. The van der Waals surface area contributed by atoms with Crippen molar-refractivity contribution in [1.29, 1.82) is 0 Å². The van der Waals surface area contributed by atoms with Crippen molar-refractivity contribution in [1.82, 2.24) is 9.97 Å². The molecule has 5 heteroatoms. The third kappa shape index (κ3) is 2.56. The van der Waals surface area contributed by atoms with E-state index >= 15 is 0 Å². The van der Waals surface area contributed by atoms with Gasteiger partial charge in [-0.2, -0.15) is 4.98 Å². The number of hydrogen-bond acceptors (Lipinski definition) is 4. The van der Waals surface area contributed by atoms with Crippen molar-refractivity contribution in [3.8, 4) is 5.88 Å². The number of hydrogen-bond donors (Lipinski definition) is 0. The molecule has 0 amide bonds. The summed E-state index contributed by atoms with van der Waals surface area (Å²) in [6, 6.07) is 10.0. The van der Waals surface area contributed by atoms with Crippen molar-refractivity contribution in [3.63, 3.8) is 0 Å². The summed E-state index contributed by atoms with van der Waals surface area (Å²) >= 11 is 6.09. The van der Waals surface area contributed by atoms with Gasteiger partial charge in [0.1, 0.15) is 0 Å². The highest BCUT2D eigenvalue weighted by molar-refractivity contribution is 6.30. The molecule has 0 radical (unpaired) electrons. The first-order valence-corrected chi connectivity index (χ1v) is 7.05. The van der Waals surface area contributed by atoms with Gasteiger partial charge in [0, 0.05) is 23.8 Å². The van der Waals surface area contributed by atoms with E-state index < -0.39 is 0 Å². The predicted molar refractivity (Wildman–Crippen MR) is 79.4 cm³/mol. The zero-order chi connectivity index (χ0) is 13.9. The molecule has 1 atom stereocenters. The highest BCUT2D eigenvalue weighted by atomic mass is 35.5. The molecule has 0 spiro atoms. The van der Waals surface area contributed by atoms with Gasteiger partial charge in [0.05, 0.1) is 13.2 Å². The first kappa shape index (κ1) is 13.2. The second-order valence-corrected chi connectivity index (χ2v) is 5.24. The molecule has 20 heavy (non-hydrogen) atoms. The lowest BCUT2D eigenvalue weighted by molar-refractivity contribution is 0.396. The molecule has 1 saturated heterocycles. The molecule has 0 bridgehead atoms. The Bertz CT molecular complexity index is 605. The Balaban J connectivity index is 1.92. The van der Waals surface area contributed by atoms with Crippen molar-refractivity contribution >= 4 is 17.5 Å². The van der Waals surface area contributed by atoms with Gasteiger partial charge in [0.15, 0.2) is 0 Å². The molecule has 0 aliphatic carbocycles. The molecule has 1 aliphatic heterocycles. The van der Waals surface area contributed by atoms with Gasteiger partial charge in [-0.15, -0.1) is 0 Å². The molecular weight excluding hydrogens is 274 g/mol. The maximum atomic E-state index is 6.09. The molecule has 1 aromatic carbocycles. The van der Waals surface area contributed by atoms with Gasteiger partial charge in [0.25, 0.3) is 0 Å². The highest BCUT2D eigenvalue weighted by Gasteiger charge is 2.28. The average Bonchev–Trinajstić information content (AvgIpc) is 2.97. The summed E-state index contributed by atoms with van der Waals surface area (Å²) in [6.07, 6.45) is 3.94. The molecule has 2 heterocycles. The second kappa shape index (κ2) is 5.67. The van der Waals surface area contributed by atoms with E-state index in [0.29, 0.717) is 11.8 Å². The fourth-order valence-electron chi connectivity index (χ4n) is 2.65. The van der Waals surface area contributed by atoms with Crippen molar-refractivity contribution in [2.75, 3.05) is 18.6 Å². The lowest BCUT2D eigenvalue weighted by Crippen LogP contribution is -2.24. The Kier molecular flexibility index (Phi) is 3.74. The summed E-state index contributed by atoms with van der Waals surface area (Å²) in [7, 11) is 1.62. The number of ether oxygens (including phenoxy) is 1. The van der Waals surface area contributed by atoms with Crippen LogP contribution in [-0.4, -0.2) is 23.6 Å². The zero-order valence-electron chi connectivity index (χ0n) is 11.3. The summed E-state index contributed by atoms with van der Waals surface area (Å²) in [5, 5.41) is 0.765. The number of methoxy groups -OCH3 is 1. The van der Waals surface area contributed by atoms with Crippen LogP contribution in [-0.2, 0) is 0 Å². The molecule has 1 aromatic heterocycles. The number of anilines is 1. The van der Waals surface area contributed by atoms with Gasteiger partial charge in [-0.3, -0.25) is 0 Å². The van der Waals surface area contributed by atoms with Crippen molar-refractivity contribution in [2.45, 2.75) is 18.9 Å². The van der Waals surface area contributed by atoms with Crippen LogP contribution in [0.15, 0.2) is 36.5 Å². The number of aromatic nitrogens is 2. The summed E-state index contributed by atoms with van der Waals surface area (Å²) in [5.74, 6) is 1.30. The van der Waals surface area contributed by atoms with Crippen LogP contribution in [0.3, 0.4) is 0 Å². The molecule has 1 fully saturated rings. The number of nitrogens with zero attached hydrogens (tertiary/aromatic N) is 3. The highest BCUT2D eigenvalue weighted by Crippen LogP contribution is 2.35. The largest absolute Gasteiger partial charge is 0.481 e. The van der Waals surface area contributed by atoms with Crippen LogP contribution < -0.4 is 9.64 Å². The maximum Gasteiger partial charge on any atom is 0.229 e. The summed E-state index contributed by atoms with van der Waals surface area (Å²) in [6.45, 7) is 0.949. The van der Waals surface area contributed by atoms with E-state index in [1.165, 1.54) is 5.56 Å². The molecule has 3 rings (SSSR count). The van der Waals surface area contributed by atoms with Crippen LogP contribution in [0.1, 0.15) is 24.4 Å². The number of rotatable bonds is 3. The number of halogens is 1. The van der Waals surface area contributed by atoms with E-state index in [1.54, 1.807) is 19.4 Å². The van der Waals surface area contributed by atoms with E-state index in [9.17, 15) is 0 Å². The zero-order valence-corrected chi connectivity index (χ0v) is 12.0. The predicted octanol–water partition coefficient (Wildman–Crippen LogP) is 3.48. The topological polar surface area (TPSA) is 38.2 Å². The Hall–Kier alpha value is -1.81. The summed E-state index contributed by atoms with van der Waals surface area (Å²) in [4.78, 5) is 11.0. The van der Waals surface area contributed by atoms with Crippen LogP contribution in [0.25, 0.3) is 0 Å². The number of benzene rings is 1. The van der Waals surface area contributed by atoms with Crippen LogP contribution >= 0.6 is 11.6 Å². The van der Waals surface area contributed by atoms with Crippen molar-refractivity contribution < 1.29 is 4.74 Å². The van der Waals surface area contributed by atoms with Crippen LogP contribution in [0, 0.1) is 0 Å². The normalized spacial score (nSPS) is 18.3. The van der Waals surface area contributed by atoms with Crippen molar-refractivity contribution in [3.05, 3.63) is 47.1 Å². The van der Waals surface area contributed by atoms with E-state index in [0.717, 1.165) is 24.4 Å². The van der Waals surface area contributed by atoms with E-state index in [4.69, 9.17) is 16.3 Å². The second-order valence-electron chi connectivity index (χ2n) is 4.81.